The highest BCUT2D eigenvalue weighted by atomic mass is 16.4. The lowest BCUT2D eigenvalue weighted by Gasteiger charge is -2.36. The van der Waals surface area contributed by atoms with Crippen LogP contribution in [-0.2, 0) is 9.59 Å². The van der Waals surface area contributed by atoms with Gasteiger partial charge in [-0.1, -0.05) is 31.4 Å². The molecule has 1 aromatic carbocycles. The fraction of sp³-hybridized carbons (Fsp3) is 0.500. The van der Waals surface area contributed by atoms with Gasteiger partial charge < -0.3 is 25.0 Å². The molecule has 2 aromatic rings. The first-order valence-corrected chi connectivity index (χ1v) is 13.0. The maximum absolute atomic E-state index is 13.2. The number of pyridine rings is 1. The molecule has 37 heavy (non-hydrogen) atoms. The second kappa shape index (κ2) is 11.7. The second-order valence-corrected chi connectivity index (χ2v) is 10.3. The topological polar surface area (TPSA) is 129 Å². The van der Waals surface area contributed by atoms with Gasteiger partial charge in [-0.15, -0.1) is 0 Å². The van der Waals surface area contributed by atoms with Crippen LogP contribution < -0.4 is 10.7 Å². The molecular weight excluding hydrogens is 474 g/mol. The Morgan fingerprint density at radius 2 is 1.49 bits per heavy atom. The Hall–Kier alpha value is -3.46. The standard InChI is InChI=1S/C24H31N3O2.C4H4O4/c1-26-18-11-12-19(26)14-16(13-18)25-24(29)21-15-27(17-7-3-2-4-8-17)22-10-6-5-9-20(22)23(21)28;5-3(6)1-2-4(7)8/h5-6,9-10,15-19H,2-4,7-8,11-14H2,1H3,(H,25,29);1-2H,(H,5,6)(H,7,8)/b;2-1+. The molecule has 1 amide bonds. The lowest BCUT2D eigenvalue weighted by Crippen LogP contribution is -2.49. The molecule has 3 N–H and O–H groups in total. The lowest BCUT2D eigenvalue weighted by molar-refractivity contribution is -0.134. The maximum Gasteiger partial charge on any atom is 0.328 e. The van der Waals surface area contributed by atoms with Crippen LogP contribution in [0.5, 0.6) is 0 Å². The minimum absolute atomic E-state index is 0.138. The van der Waals surface area contributed by atoms with Crippen LogP contribution in [0.25, 0.3) is 10.9 Å². The van der Waals surface area contributed by atoms with E-state index in [9.17, 15) is 19.2 Å². The Labute approximate surface area is 215 Å². The third-order valence-electron chi connectivity index (χ3n) is 7.95. The summed E-state index contributed by atoms with van der Waals surface area (Å²) in [5.74, 6) is -2.71. The summed E-state index contributed by atoms with van der Waals surface area (Å²) in [7, 11) is 2.20. The van der Waals surface area contributed by atoms with Crippen LogP contribution >= 0.6 is 0 Å². The number of hydrogen-bond acceptors (Lipinski definition) is 5. The zero-order chi connectivity index (χ0) is 26.5. The Morgan fingerprint density at radius 1 is 0.892 bits per heavy atom. The van der Waals surface area contributed by atoms with Crippen molar-refractivity contribution in [2.75, 3.05) is 7.05 Å². The van der Waals surface area contributed by atoms with Crippen LogP contribution in [0, 0.1) is 0 Å². The summed E-state index contributed by atoms with van der Waals surface area (Å²) >= 11 is 0. The summed E-state index contributed by atoms with van der Waals surface area (Å²) in [5.41, 5.74) is 1.12. The van der Waals surface area contributed by atoms with E-state index < -0.39 is 11.9 Å². The number of amides is 1. The Morgan fingerprint density at radius 3 is 2.08 bits per heavy atom. The molecule has 9 heteroatoms. The summed E-state index contributed by atoms with van der Waals surface area (Å²) < 4.78 is 2.21. The number of rotatable bonds is 5. The van der Waals surface area contributed by atoms with Crippen molar-refractivity contribution in [2.24, 2.45) is 0 Å². The average molecular weight is 510 g/mol. The number of benzene rings is 1. The first-order chi connectivity index (χ1) is 17.7. The molecule has 3 fully saturated rings. The summed E-state index contributed by atoms with van der Waals surface area (Å²) in [6.07, 6.45) is 13.3. The van der Waals surface area contributed by atoms with Crippen LogP contribution in [0.3, 0.4) is 0 Å². The molecule has 2 saturated heterocycles. The van der Waals surface area contributed by atoms with Gasteiger partial charge in [0.15, 0.2) is 0 Å². The van der Waals surface area contributed by atoms with Crippen LogP contribution in [-0.4, -0.2) is 62.7 Å². The molecule has 1 aromatic heterocycles. The lowest BCUT2D eigenvalue weighted by atomic mass is 9.94. The van der Waals surface area contributed by atoms with E-state index in [4.69, 9.17) is 10.2 Å². The predicted molar refractivity (Wildman–Crippen MR) is 140 cm³/mol. The van der Waals surface area contributed by atoms with Gasteiger partial charge in [-0.3, -0.25) is 9.59 Å². The molecule has 3 aliphatic rings. The number of carbonyl (C=O) groups excluding carboxylic acids is 1. The zero-order valence-corrected chi connectivity index (χ0v) is 21.1. The SMILES string of the molecule is CN1C2CCC1CC(NC(=O)c1cn(C3CCCCC3)c3ccccc3c1=O)C2.O=C(O)/C=C/C(=O)O. The summed E-state index contributed by atoms with van der Waals surface area (Å²) in [6.45, 7) is 0. The number of aliphatic carboxylic acids is 2. The van der Waals surface area contributed by atoms with Crippen LogP contribution in [0.2, 0.25) is 0 Å². The number of fused-ring (bicyclic) bond motifs is 3. The van der Waals surface area contributed by atoms with Crippen molar-refractivity contribution in [3.63, 3.8) is 0 Å². The van der Waals surface area contributed by atoms with Gasteiger partial charge >= 0.3 is 11.9 Å². The molecule has 2 atom stereocenters. The number of hydrogen-bond donors (Lipinski definition) is 3. The number of carboxylic acid groups (broad SMARTS) is 2. The second-order valence-electron chi connectivity index (χ2n) is 10.3. The monoisotopic (exact) mass is 509 g/mol. The van der Waals surface area contributed by atoms with Crippen LogP contribution in [0.15, 0.2) is 47.4 Å². The number of aromatic nitrogens is 1. The summed E-state index contributed by atoms with van der Waals surface area (Å²) in [5, 5.41) is 19.5. The first kappa shape index (κ1) is 26.6. The predicted octanol–water partition coefficient (Wildman–Crippen LogP) is 3.57. The Bertz CT molecular complexity index is 1220. The van der Waals surface area contributed by atoms with E-state index in [1.807, 2.05) is 30.5 Å². The third kappa shape index (κ3) is 6.28. The van der Waals surface area contributed by atoms with E-state index in [-0.39, 0.29) is 17.4 Å². The number of nitrogens with one attached hydrogen (secondary N) is 1. The molecule has 0 radical (unpaired) electrons. The van der Waals surface area contributed by atoms with Gasteiger partial charge in [-0.25, -0.2) is 9.59 Å². The molecular formula is C28H35N3O6. The summed E-state index contributed by atoms with van der Waals surface area (Å²) in [4.78, 5) is 47.9. The van der Waals surface area contributed by atoms with E-state index in [0.717, 1.165) is 31.2 Å². The molecule has 9 nitrogen and oxygen atoms in total. The average Bonchev–Trinajstić information content (AvgIpc) is 3.09. The van der Waals surface area contributed by atoms with Crippen LogP contribution in [0.4, 0.5) is 0 Å². The molecule has 1 aliphatic carbocycles. The van der Waals surface area contributed by atoms with Gasteiger partial charge in [-0.05, 0) is 57.7 Å². The zero-order valence-electron chi connectivity index (χ0n) is 21.1. The summed E-state index contributed by atoms with van der Waals surface area (Å²) in [6, 6.07) is 9.43. The number of nitrogens with zero attached hydrogens (tertiary/aromatic N) is 2. The highest BCUT2D eigenvalue weighted by Crippen LogP contribution is 2.34. The molecule has 1 saturated carbocycles. The van der Waals surface area contributed by atoms with Crippen molar-refractivity contribution in [1.29, 1.82) is 0 Å². The number of carboxylic acids is 2. The highest BCUT2D eigenvalue weighted by molar-refractivity contribution is 5.97. The number of carbonyl (C=O) groups is 3. The van der Waals surface area contributed by atoms with Crippen molar-refractivity contribution >= 4 is 28.7 Å². The van der Waals surface area contributed by atoms with Crippen molar-refractivity contribution < 1.29 is 24.6 Å². The quantitative estimate of drug-likeness (QED) is 0.526. The minimum atomic E-state index is -1.26. The Kier molecular flexibility index (Phi) is 8.43. The van der Waals surface area contributed by atoms with Gasteiger partial charge in [0.2, 0.25) is 5.43 Å². The molecule has 0 spiro atoms. The minimum Gasteiger partial charge on any atom is -0.478 e. The van der Waals surface area contributed by atoms with Crippen molar-refractivity contribution in [3.05, 3.63) is 58.4 Å². The third-order valence-corrected chi connectivity index (χ3v) is 7.95. The van der Waals surface area contributed by atoms with Gasteiger partial charge in [0, 0.05) is 47.9 Å². The van der Waals surface area contributed by atoms with E-state index in [0.29, 0.717) is 41.2 Å². The van der Waals surface area contributed by atoms with E-state index in [1.54, 1.807) is 0 Å². The van der Waals surface area contributed by atoms with E-state index in [2.05, 4.69) is 21.8 Å². The molecule has 2 bridgehead atoms. The van der Waals surface area contributed by atoms with Gasteiger partial charge in [0.05, 0.1) is 5.52 Å². The highest BCUT2D eigenvalue weighted by Gasteiger charge is 2.39. The van der Waals surface area contributed by atoms with Gasteiger partial charge in [-0.2, -0.15) is 0 Å². The molecule has 2 aliphatic heterocycles. The van der Waals surface area contributed by atoms with Gasteiger partial charge in [0.25, 0.3) is 5.91 Å². The smallest absolute Gasteiger partial charge is 0.328 e. The largest absolute Gasteiger partial charge is 0.478 e. The maximum atomic E-state index is 13.2. The fourth-order valence-corrected chi connectivity index (χ4v) is 6.06. The Balaban J connectivity index is 0.000000349. The molecule has 198 valence electrons. The normalized spacial score (nSPS) is 24.0. The van der Waals surface area contributed by atoms with Crippen molar-refractivity contribution in [2.45, 2.75) is 82.0 Å². The van der Waals surface area contributed by atoms with Gasteiger partial charge in [0.1, 0.15) is 5.56 Å². The van der Waals surface area contributed by atoms with Crippen LogP contribution in [0.1, 0.15) is 74.2 Å². The molecule has 5 rings (SSSR count). The van der Waals surface area contributed by atoms with E-state index in [1.165, 1.54) is 32.1 Å². The number of para-hydroxylation sites is 1. The van der Waals surface area contributed by atoms with Crippen molar-refractivity contribution in [3.8, 4) is 0 Å². The molecule has 2 unspecified atom stereocenters. The van der Waals surface area contributed by atoms with Crippen molar-refractivity contribution in [1.82, 2.24) is 14.8 Å². The first-order valence-electron chi connectivity index (χ1n) is 13.0. The number of piperidine rings is 1. The fourth-order valence-electron chi connectivity index (χ4n) is 6.06. The van der Waals surface area contributed by atoms with E-state index >= 15 is 0 Å². The molecule has 3 heterocycles.